The molecule has 4 rings (SSSR count). The summed E-state index contributed by atoms with van der Waals surface area (Å²) >= 11 is 0. The number of H-pyrrole nitrogens is 1. The molecule has 6 nitrogen and oxygen atoms in total. The lowest BCUT2D eigenvalue weighted by molar-refractivity contribution is -0.125. The highest BCUT2D eigenvalue weighted by Gasteiger charge is 2.26. The van der Waals surface area contributed by atoms with Crippen molar-refractivity contribution in [3.63, 3.8) is 0 Å². The molecule has 26 heavy (non-hydrogen) atoms. The van der Waals surface area contributed by atoms with Gasteiger partial charge in [-0.1, -0.05) is 12.1 Å². The highest BCUT2D eigenvalue weighted by molar-refractivity contribution is 5.80. The van der Waals surface area contributed by atoms with Gasteiger partial charge in [-0.25, -0.2) is 9.97 Å². The molecule has 1 aliphatic rings. The number of aromatic nitrogens is 3. The number of rotatable bonds is 4. The van der Waals surface area contributed by atoms with Crippen LogP contribution in [0.15, 0.2) is 42.6 Å². The van der Waals surface area contributed by atoms with Gasteiger partial charge in [-0.15, -0.1) is 0 Å². The van der Waals surface area contributed by atoms with Crippen molar-refractivity contribution in [1.29, 1.82) is 0 Å². The van der Waals surface area contributed by atoms with Crippen LogP contribution in [0.3, 0.4) is 0 Å². The molecule has 134 valence electrons. The predicted octanol–water partition coefficient (Wildman–Crippen LogP) is 2.80. The quantitative estimate of drug-likeness (QED) is 0.760. The summed E-state index contributed by atoms with van der Waals surface area (Å²) < 4.78 is 0. The molecule has 0 radical (unpaired) electrons. The van der Waals surface area contributed by atoms with Crippen molar-refractivity contribution < 1.29 is 4.79 Å². The van der Waals surface area contributed by atoms with Crippen molar-refractivity contribution in [2.24, 2.45) is 5.92 Å². The minimum atomic E-state index is -0.0163. The van der Waals surface area contributed by atoms with Crippen molar-refractivity contribution in [2.45, 2.75) is 26.3 Å². The summed E-state index contributed by atoms with van der Waals surface area (Å²) in [5.41, 5.74) is 3.13. The Morgan fingerprint density at radius 2 is 2.27 bits per heavy atom. The SMILES string of the molecule is Cc1ccc2nc(CNC(=O)C3CCCN(c4ccccn4)C3)[nH]c2c1. The topological polar surface area (TPSA) is 73.9 Å². The first kappa shape index (κ1) is 16.6. The van der Waals surface area contributed by atoms with Gasteiger partial charge in [0.05, 0.1) is 23.5 Å². The van der Waals surface area contributed by atoms with Crippen LogP contribution in [0.4, 0.5) is 5.82 Å². The van der Waals surface area contributed by atoms with E-state index >= 15 is 0 Å². The standard InChI is InChI=1S/C20H23N5O/c1-14-7-8-16-17(11-14)24-18(23-16)12-22-20(26)15-5-4-10-25(13-15)19-6-2-3-9-21-19/h2-3,6-9,11,15H,4-5,10,12-13H2,1H3,(H,22,26)(H,23,24). The van der Waals surface area contributed by atoms with Gasteiger partial charge in [-0.05, 0) is 49.6 Å². The Bertz CT molecular complexity index is 905. The van der Waals surface area contributed by atoms with Gasteiger partial charge in [0.15, 0.2) is 0 Å². The maximum absolute atomic E-state index is 12.6. The average molecular weight is 349 g/mol. The van der Waals surface area contributed by atoms with Crippen molar-refractivity contribution in [2.75, 3.05) is 18.0 Å². The van der Waals surface area contributed by atoms with E-state index in [9.17, 15) is 4.79 Å². The summed E-state index contributed by atoms with van der Waals surface area (Å²) in [6.07, 6.45) is 3.70. The van der Waals surface area contributed by atoms with E-state index in [1.165, 1.54) is 5.56 Å². The van der Waals surface area contributed by atoms with Crippen molar-refractivity contribution >= 4 is 22.8 Å². The predicted molar refractivity (Wildman–Crippen MR) is 102 cm³/mol. The van der Waals surface area contributed by atoms with Crippen LogP contribution in [0.2, 0.25) is 0 Å². The van der Waals surface area contributed by atoms with E-state index in [1.54, 1.807) is 6.20 Å². The molecule has 1 fully saturated rings. The molecule has 6 heteroatoms. The number of anilines is 1. The fourth-order valence-corrected chi connectivity index (χ4v) is 3.52. The van der Waals surface area contributed by atoms with Crippen LogP contribution in [0.5, 0.6) is 0 Å². The molecule has 3 aromatic rings. The fourth-order valence-electron chi connectivity index (χ4n) is 3.52. The highest BCUT2D eigenvalue weighted by atomic mass is 16.1. The lowest BCUT2D eigenvalue weighted by atomic mass is 9.97. The number of pyridine rings is 1. The molecule has 0 spiro atoms. The van der Waals surface area contributed by atoms with Crippen LogP contribution in [0.1, 0.15) is 24.2 Å². The van der Waals surface area contributed by atoms with Crippen LogP contribution in [0.25, 0.3) is 11.0 Å². The Morgan fingerprint density at radius 1 is 1.35 bits per heavy atom. The summed E-state index contributed by atoms with van der Waals surface area (Å²) in [7, 11) is 0. The molecule has 1 atom stereocenters. The molecule has 2 aromatic heterocycles. The number of benzene rings is 1. The minimum absolute atomic E-state index is 0.0163. The maximum Gasteiger partial charge on any atom is 0.225 e. The van der Waals surface area contributed by atoms with Crippen LogP contribution in [-0.4, -0.2) is 33.9 Å². The zero-order valence-corrected chi connectivity index (χ0v) is 14.9. The lowest BCUT2D eigenvalue weighted by Gasteiger charge is -2.32. The number of amides is 1. The molecular weight excluding hydrogens is 326 g/mol. The number of imidazole rings is 1. The first-order chi connectivity index (χ1) is 12.7. The second-order valence-corrected chi connectivity index (χ2v) is 6.90. The summed E-state index contributed by atoms with van der Waals surface area (Å²) in [6, 6.07) is 12.0. The molecule has 3 heterocycles. The van der Waals surface area contributed by atoms with E-state index in [1.807, 2.05) is 30.3 Å². The Labute approximate surface area is 152 Å². The van der Waals surface area contributed by atoms with Crippen LogP contribution in [-0.2, 0) is 11.3 Å². The first-order valence-electron chi connectivity index (χ1n) is 9.08. The number of carbonyl (C=O) groups is 1. The zero-order chi connectivity index (χ0) is 17.9. The Morgan fingerprint density at radius 3 is 3.12 bits per heavy atom. The van der Waals surface area contributed by atoms with E-state index in [4.69, 9.17) is 0 Å². The second-order valence-electron chi connectivity index (χ2n) is 6.90. The van der Waals surface area contributed by atoms with Crippen LogP contribution < -0.4 is 10.2 Å². The van der Waals surface area contributed by atoms with Gasteiger partial charge in [0.1, 0.15) is 11.6 Å². The van der Waals surface area contributed by atoms with E-state index in [2.05, 4.69) is 38.2 Å². The number of nitrogens with zero attached hydrogens (tertiary/aromatic N) is 3. The van der Waals surface area contributed by atoms with E-state index in [0.29, 0.717) is 13.1 Å². The third-order valence-corrected chi connectivity index (χ3v) is 4.88. The summed E-state index contributed by atoms with van der Waals surface area (Å²) in [4.78, 5) is 27.0. The van der Waals surface area contributed by atoms with Gasteiger partial charge in [-0.2, -0.15) is 0 Å². The van der Waals surface area contributed by atoms with Crippen molar-refractivity contribution in [3.05, 3.63) is 54.0 Å². The summed E-state index contributed by atoms with van der Waals surface area (Å²) in [6.45, 7) is 4.14. The fraction of sp³-hybridized carbons (Fsp3) is 0.350. The number of hydrogen-bond donors (Lipinski definition) is 2. The third kappa shape index (κ3) is 3.54. The van der Waals surface area contributed by atoms with Crippen LogP contribution >= 0.6 is 0 Å². The Hall–Kier alpha value is -2.89. The van der Waals surface area contributed by atoms with E-state index in [0.717, 1.165) is 42.1 Å². The number of nitrogens with one attached hydrogen (secondary N) is 2. The van der Waals surface area contributed by atoms with Gasteiger partial charge in [0.25, 0.3) is 0 Å². The van der Waals surface area contributed by atoms with Gasteiger partial charge in [-0.3, -0.25) is 4.79 Å². The van der Waals surface area contributed by atoms with E-state index in [-0.39, 0.29) is 11.8 Å². The lowest BCUT2D eigenvalue weighted by Crippen LogP contribution is -2.43. The van der Waals surface area contributed by atoms with Gasteiger partial charge in [0, 0.05) is 19.3 Å². The third-order valence-electron chi connectivity index (χ3n) is 4.88. The number of aryl methyl sites for hydroxylation is 1. The molecule has 1 aromatic carbocycles. The normalized spacial score (nSPS) is 17.4. The van der Waals surface area contributed by atoms with Gasteiger partial charge in [0.2, 0.25) is 5.91 Å². The number of fused-ring (bicyclic) bond motifs is 1. The van der Waals surface area contributed by atoms with Crippen molar-refractivity contribution in [3.8, 4) is 0 Å². The number of piperidine rings is 1. The monoisotopic (exact) mass is 349 g/mol. The molecule has 1 saturated heterocycles. The molecule has 0 saturated carbocycles. The first-order valence-corrected chi connectivity index (χ1v) is 9.08. The summed E-state index contributed by atoms with van der Waals surface area (Å²) in [5.74, 6) is 1.80. The maximum atomic E-state index is 12.6. The van der Waals surface area contributed by atoms with Crippen molar-refractivity contribution in [1.82, 2.24) is 20.3 Å². The largest absolute Gasteiger partial charge is 0.356 e. The molecule has 1 aliphatic heterocycles. The molecule has 1 unspecified atom stereocenters. The zero-order valence-electron chi connectivity index (χ0n) is 14.9. The second kappa shape index (κ2) is 7.15. The number of hydrogen-bond acceptors (Lipinski definition) is 4. The number of carbonyl (C=O) groups excluding carboxylic acids is 1. The van der Waals surface area contributed by atoms with Gasteiger partial charge < -0.3 is 15.2 Å². The molecule has 1 amide bonds. The molecule has 2 N–H and O–H groups in total. The Balaban J connectivity index is 1.38. The minimum Gasteiger partial charge on any atom is -0.356 e. The number of aromatic amines is 1. The highest BCUT2D eigenvalue weighted by Crippen LogP contribution is 2.21. The molecule has 0 bridgehead atoms. The van der Waals surface area contributed by atoms with Gasteiger partial charge >= 0.3 is 0 Å². The average Bonchev–Trinajstić information content (AvgIpc) is 3.09. The van der Waals surface area contributed by atoms with E-state index < -0.39 is 0 Å². The molecule has 0 aliphatic carbocycles. The van der Waals surface area contributed by atoms with Crippen LogP contribution in [0, 0.1) is 12.8 Å². The Kier molecular flexibility index (Phi) is 4.56. The molecular formula is C20H23N5O. The smallest absolute Gasteiger partial charge is 0.225 e. The summed E-state index contributed by atoms with van der Waals surface area (Å²) in [5, 5.41) is 3.04.